The number of carbonyl (C=O) groups is 1. The van der Waals surface area contributed by atoms with Crippen molar-refractivity contribution < 1.29 is 14.3 Å². The average molecular weight is 562 g/mol. The molecule has 1 saturated heterocycles. The molecule has 1 aromatic heterocycles. The first-order valence-corrected chi connectivity index (χ1v) is 13.7. The smallest absolute Gasteiger partial charge is 0.341 e. The van der Waals surface area contributed by atoms with Crippen molar-refractivity contribution >= 4 is 35.1 Å². The monoisotopic (exact) mass is 561 g/mol. The molecule has 5 rings (SSSR count). The summed E-state index contributed by atoms with van der Waals surface area (Å²) in [6.45, 7) is 1.27. The van der Waals surface area contributed by atoms with Crippen LogP contribution in [0.15, 0.2) is 79.0 Å². The van der Waals surface area contributed by atoms with E-state index in [9.17, 15) is 4.79 Å². The Kier molecular flexibility index (Phi) is 8.64. The zero-order valence-corrected chi connectivity index (χ0v) is 23.2. The lowest BCUT2D eigenvalue weighted by Gasteiger charge is -2.25. The van der Waals surface area contributed by atoms with E-state index in [2.05, 4.69) is 22.0 Å². The van der Waals surface area contributed by atoms with Gasteiger partial charge in [0.05, 0.1) is 24.4 Å². The molecule has 0 radical (unpaired) electrons. The molecule has 0 bridgehead atoms. The van der Waals surface area contributed by atoms with Crippen LogP contribution >= 0.6 is 23.2 Å². The highest BCUT2D eigenvalue weighted by Crippen LogP contribution is 2.35. The molecule has 8 heteroatoms. The molecule has 4 aromatic rings. The van der Waals surface area contributed by atoms with Crippen LogP contribution in [0.3, 0.4) is 0 Å². The number of benzene rings is 3. The molecule has 1 fully saturated rings. The van der Waals surface area contributed by atoms with Crippen LogP contribution in [0, 0.1) is 0 Å². The van der Waals surface area contributed by atoms with Gasteiger partial charge < -0.3 is 14.4 Å². The van der Waals surface area contributed by atoms with Gasteiger partial charge in [-0.15, -0.1) is 0 Å². The SMILES string of the molecule is COC(=O)c1cnc(N2CCC[C@@H]2c2ccc(Cl)cc2)nc1CCc1ccccc1OCc1ccc(Cl)cc1. The van der Waals surface area contributed by atoms with Crippen LogP contribution in [0.4, 0.5) is 5.95 Å². The fourth-order valence-corrected chi connectivity index (χ4v) is 5.15. The first-order valence-electron chi connectivity index (χ1n) is 12.9. The van der Waals surface area contributed by atoms with Crippen LogP contribution in [0.1, 0.15) is 51.6 Å². The van der Waals surface area contributed by atoms with Gasteiger partial charge in [0.1, 0.15) is 12.4 Å². The van der Waals surface area contributed by atoms with E-state index < -0.39 is 5.97 Å². The molecule has 0 unspecified atom stereocenters. The quantitative estimate of drug-likeness (QED) is 0.200. The lowest BCUT2D eigenvalue weighted by molar-refractivity contribution is 0.0598. The summed E-state index contributed by atoms with van der Waals surface area (Å²) in [5.41, 5.74) is 4.26. The molecule has 2 heterocycles. The highest BCUT2D eigenvalue weighted by molar-refractivity contribution is 6.30. The van der Waals surface area contributed by atoms with Gasteiger partial charge in [0.15, 0.2) is 0 Å². The minimum absolute atomic E-state index is 0.154. The second-order valence-electron chi connectivity index (χ2n) is 9.45. The van der Waals surface area contributed by atoms with Gasteiger partial charge in [0, 0.05) is 22.8 Å². The number of aryl methyl sites for hydroxylation is 2. The first kappa shape index (κ1) is 27.0. The number of ether oxygens (including phenoxy) is 2. The van der Waals surface area contributed by atoms with E-state index in [1.807, 2.05) is 60.7 Å². The van der Waals surface area contributed by atoms with Crippen molar-refractivity contribution in [3.63, 3.8) is 0 Å². The summed E-state index contributed by atoms with van der Waals surface area (Å²) < 4.78 is 11.2. The van der Waals surface area contributed by atoms with Crippen molar-refractivity contribution in [1.29, 1.82) is 0 Å². The van der Waals surface area contributed by atoms with Gasteiger partial charge in [-0.2, -0.15) is 0 Å². The minimum atomic E-state index is -0.445. The zero-order chi connectivity index (χ0) is 27.2. The molecule has 0 N–H and O–H groups in total. The fourth-order valence-electron chi connectivity index (χ4n) is 4.90. The summed E-state index contributed by atoms with van der Waals surface area (Å²) in [6, 6.07) is 23.6. The van der Waals surface area contributed by atoms with Crippen LogP contribution in [0.5, 0.6) is 5.75 Å². The van der Waals surface area contributed by atoms with E-state index in [4.69, 9.17) is 37.7 Å². The molecule has 0 amide bonds. The first-order chi connectivity index (χ1) is 19.0. The molecule has 0 saturated carbocycles. The fraction of sp³-hybridized carbons (Fsp3) is 0.258. The van der Waals surface area contributed by atoms with Gasteiger partial charge in [-0.1, -0.05) is 65.7 Å². The number of anilines is 1. The number of esters is 1. The highest BCUT2D eigenvalue weighted by Gasteiger charge is 2.29. The maximum absolute atomic E-state index is 12.6. The Hall–Kier alpha value is -3.61. The van der Waals surface area contributed by atoms with Crippen LogP contribution in [-0.2, 0) is 24.2 Å². The Morgan fingerprint density at radius 2 is 1.69 bits per heavy atom. The minimum Gasteiger partial charge on any atom is -0.489 e. The van der Waals surface area contributed by atoms with E-state index in [0.29, 0.717) is 46.7 Å². The molecule has 39 heavy (non-hydrogen) atoms. The molecule has 1 atom stereocenters. The van der Waals surface area contributed by atoms with Crippen molar-refractivity contribution in [3.05, 3.63) is 117 Å². The third-order valence-electron chi connectivity index (χ3n) is 6.94. The normalized spacial score (nSPS) is 14.8. The van der Waals surface area contributed by atoms with E-state index in [1.54, 1.807) is 6.20 Å². The Bertz CT molecular complexity index is 1430. The van der Waals surface area contributed by atoms with Gasteiger partial charge in [0.25, 0.3) is 0 Å². The largest absolute Gasteiger partial charge is 0.489 e. The number of methoxy groups -OCH3 is 1. The second-order valence-corrected chi connectivity index (χ2v) is 10.3. The molecule has 1 aliphatic rings. The molecule has 1 aliphatic heterocycles. The standard InChI is InChI=1S/C31H29Cl2N3O3/c1-38-30(37)26-19-34-31(36-18-4-6-28(36)22-10-15-25(33)16-11-22)35-27(26)17-12-23-5-2-3-7-29(23)39-20-21-8-13-24(32)14-9-21/h2-3,5,7-11,13-16,19,28H,4,6,12,17-18,20H2,1H3/t28-/m1/s1. The summed E-state index contributed by atoms with van der Waals surface area (Å²) in [7, 11) is 1.37. The lowest BCUT2D eigenvalue weighted by atomic mass is 10.0. The van der Waals surface area contributed by atoms with E-state index in [1.165, 1.54) is 12.7 Å². The van der Waals surface area contributed by atoms with Crippen molar-refractivity contribution in [2.45, 2.75) is 38.3 Å². The molecular weight excluding hydrogens is 533 g/mol. The third-order valence-corrected chi connectivity index (χ3v) is 7.44. The lowest BCUT2D eigenvalue weighted by Crippen LogP contribution is -2.26. The van der Waals surface area contributed by atoms with Gasteiger partial charge in [-0.25, -0.2) is 14.8 Å². The maximum atomic E-state index is 12.6. The van der Waals surface area contributed by atoms with Crippen molar-refractivity contribution in [3.8, 4) is 5.75 Å². The Morgan fingerprint density at radius 1 is 0.974 bits per heavy atom. The molecule has 0 spiro atoms. The molecule has 0 aliphatic carbocycles. The number of hydrogen-bond donors (Lipinski definition) is 0. The molecule has 6 nitrogen and oxygen atoms in total. The van der Waals surface area contributed by atoms with Gasteiger partial charge in [0.2, 0.25) is 5.95 Å². The predicted molar refractivity (Wildman–Crippen MR) is 154 cm³/mol. The summed E-state index contributed by atoms with van der Waals surface area (Å²) in [6.07, 6.45) is 4.78. The van der Waals surface area contributed by atoms with Crippen LogP contribution in [-0.4, -0.2) is 29.6 Å². The molecule has 3 aromatic carbocycles. The van der Waals surface area contributed by atoms with Crippen molar-refractivity contribution in [1.82, 2.24) is 9.97 Å². The van der Waals surface area contributed by atoms with Gasteiger partial charge in [-0.05, 0) is 72.7 Å². The Morgan fingerprint density at radius 3 is 2.44 bits per heavy atom. The van der Waals surface area contributed by atoms with Crippen LogP contribution < -0.4 is 9.64 Å². The predicted octanol–water partition coefficient (Wildman–Crippen LogP) is 7.28. The summed E-state index contributed by atoms with van der Waals surface area (Å²) in [5, 5.41) is 1.40. The number of aromatic nitrogens is 2. The van der Waals surface area contributed by atoms with Crippen LogP contribution in [0.25, 0.3) is 0 Å². The number of rotatable bonds is 9. The highest BCUT2D eigenvalue weighted by atomic mass is 35.5. The van der Waals surface area contributed by atoms with E-state index in [-0.39, 0.29) is 6.04 Å². The Labute approximate surface area is 238 Å². The third kappa shape index (κ3) is 6.52. The molecule has 200 valence electrons. The zero-order valence-electron chi connectivity index (χ0n) is 21.6. The maximum Gasteiger partial charge on any atom is 0.341 e. The topological polar surface area (TPSA) is 64.5 Å². The van der Waals surface area contributed by atoms with Gasteiger partial charge >= 0.3 is 5.97 Å². The number of halogens is 2. The van der Waals surface area contributed by atoms with Gasteiger partial charge in [-0.3, -0.25) is 0 Å². The van der Waals surface area contributed by atoms with Crippen LogP contribution in [0.2, 0.25) is 10.0 Å². The summed E-state index contributed by atoms with van der Waals surface area (Å²) in [5.74, 6) is 0.963. The number of para-hydroxylation sites is 1. The van der Waals surface area contributed by atoms with Crippen molar-refractivity contribution in [2.75, 3.05) is 18.6 Å². The van der Waals surface area contributed by atoms with E-state index in [0.717, 1.165) is 36.3 Å². The number of carbonyl (C=O) groups excluding carboxylic acids is 1. The number of nitrogens with zero attached hydrogens (tertiary/aromatic N) is 3. The van der Waals surface area contributed by atoms with Crippen molar-refractivity contribution in [2.24, 2.45) is 0 Å². The Balaban J connectivity index is 1.36. The average Bonchev–Trinajstić information content (AvgIpc) is 3.46. The second kappa shape index (κ2) is 12.5. The summed E-state index contributed by atoms with van der Waals surface area (Å²) in [4.78, 5) is 24.3. The number of hydrogen-bond acceptors (Lipinski definition) is 6. The summed E-state index contributed by atoms with van der Waals surface area (Å²) >= 11 is 12.1. The van der Waals surface area contributed by atoms with E-state index >= 15 is 0 Å². The molecular formula is C31H29Cl2N3O3.